The lowest BCUT2D eigenvalue weighted by Gasteiger charge is -2.16. The van der Waals surface area contributed by atoms with Crippen LogP contribution in [0.15, 0.2) is 35.3 Å². The van der Waals surface area contributed by atoms with E-state index >= 15 is 0 Å². The van der Waals surface area contributed by atoms with Crippen molar-refractivity contribution < 1.29 is 4.74 Å². The van der Waals surface area contributed by atoms with Crippen LogP contribution in [0, 0.1) is 19.8 Å². The van der Waals surface area contributed by atoms with Gasteiger partial charge in [-0.15, -0.1) is 11.3 Å². The second-order valence-electron chi connectivity index (χ2n) is 6.48. The van der Waals surface area contributed by atoms with E-state index in [9.17, 15) is 0 Å². The van der Waals surface area contributed by atoms with Gasteiger partial charge in [0.15, 0.2) is 5.96 Å². The number of benzene rings is 1. The van der Waals surface area contributed by atoms with Crippen molar-refractivity contribution in [1.82, 2.24) is 15.6 Å². The molecule has 1 atom stereocenters. The number of aryl methyl sites for hydroxylation is 2. The van der Waals surface area contributed by atoms with E-state index in [0.29, 0.717) is 12.5 Å². The van der Waals surface area contributed by atoms with Gasteiger partial charge < -0.3 is 15.4 Å². The lowest BCUT2D eigenvalue weighted by molar-refractivity contribution is 0.0931. The molecule has 6 heteroatoms. The van der Waals surface area contributed by atoms with E-state index in [2.05, 4.69) is 53.5 Å². The molecular weight excluding hydrogens is 344 g/mol. The molecular formula is C20H30N4OS. The van der Waals surface area contributed by atoms with E-state index in [1.54, 1.807) is 18.4 Å². The number of rotatable bonds is 9. The average molecular weight is 375 g/mol. The summed E-state index contributed by atoms with van der Waals surface area (Å²) in [4.78, 5) is 10.1. The zero-order chi connectivity index (χ0) is 18.8. The maximum atomic E-state index is 5.79. The quantitative estimate of drug-likeness (QED) is 0.522. The molecule has 0 saturated carbocycles. The van der Waals surface area contributed by atoms with Crippen LogP contribution in [0.25, 0.3) is 0 Å². The molecule has 0 fully saturated rings. The van der Waals surface area contributed by atoms with Gasteiger partial charge in [0.1, 0.15) is 0 Å². The minimum Gasteiger partial charge on any atom is -0.376 e. The van der Waals surface area contributed by atoms with E-state index in [0.717, 1.165) is 37.8 Å². The zero-order valence-corrected chi connectivity index (χ0v) is 17.0. The van der Waals surface area contributed by atoms with Crippen LogP contribution in [0.3, 0.4) is 0 Å². The van der Waals surface area contributed by atoms with Crippen molar-refractivity contribution in [1.29, 1.82) is 0 Å². The van der Waals surface area contributed by atoms with Crippen LogP contribution in [0.5, 0.6) is 0 Å². The summed E-state index contributed by atoms with van der Waals surface area (Å²) in [7, 11) is 1.80. The first-order chi connectivity index (χ1) is 12.6. The Morgan fingerprint density at radius 3 is 2.65 bits per heavy atom. The molecule has 0 saturated heterocycles. The summed E-state index contributed by atoms with van der Waals surface area (Å²) in [5, 5.41) is 7.88. The van der Waals surface area contributed by atoms with E-state index in [4.69, 9.17) is 4.74 Å². The summed E-state index contributed by atoms with van der Waals surface area (Å²) >= 11 is 1.77. The third kappa shape index (κ3) is 7.14. The summed E-state index contributed by atoms with van der Waals surface area (Å²) in [5.74, 6) is 1.23. The van der Waals surface area contributed by atoms with Crippen molar-refractivity contribution in [2.45, 2.75) is 33.8 Å². The molecule has 2 N–H and O–H groups in total. The van der Waals surface area contributed by atoms with Gasteiger partial charge in [-0.2, -0.15) is 0 Å². The van der Waals surface area contributed by atoms with Gasteiger partial charge in [-0.3, -0.25) is 4.99 Å². The molecule has 2 aromatic rings. The van der Waals surface area contributed by atoms with Gasteiger partial charge in [0.25, 0.3) is 0 Å². The molecule has 2 rings (SSSR count). The Hall–Kier alpha value is -1.92. The molecule has 5 nitrogen and oxygen atoms in total. The van der Waals surface area contributed by atoms with Gasteiger partial charge in [0.2, 0.25) is 0 Å². The van der Waals surface area contributed by atoms with Crippen molar-refractivity contribution in [2.75, 3.05) is 26.7 Å². The maximum absolute atomic E-state index is 5.79. The van der Waals surface area contributed by atoms with Crippen molar-refractivity contribution in [3.05, 3.63) is 51.5 Å². The van der Waals surface area contributed by atoms with Crippen LogP contribution in [0.4, 0.5) is 0 Å². The number of ether oxygens (including phenoxy) is 1. The number of hydrogen-bond donors (Lipinski definition) is 2. The smallest absolute Gasteiger partial charge is 0.191 e. The van der Waals surface area contributed by atoms with Gasteiger partial charge in [0, 0.05) is 31.4 Å². The fourth-order valence-corrected chi connectivity index (χ4v) is 3.37. The van der Waals surface area contributed by atoms with Crippen molar-refractivity contribution >= 4 is 17.3 Å². The lowest BCUT2D eigenvalue weighted by Crippen LogP contribution is -2.40. The number of aromatic nitrogens is 1. The van der Waals surface area contributed by atoms with E-state index < -0.39 is 0 Å². The Morgan fingerprint density at radius 1 is 1.23 bits per heavy atom. The first kappa shape index (κ1) is 20.4. The van der Waals surface area contributed by atoms with Crippen LogP contribution in [0.1, 0.15) is 28.1 Å². The van der Waals surface area contributed by atoms with Crippen LogP contribution >= 0.6 is 11.3 Å². The Morgan fingerprint density at radius 2 is 2.00 bits per heavy atom. The molecule has 142 valence electrons. The van der Waals surface area contributed by atoms with Gasteiger partial charge in [-0.25, -0.2) is 4.98 Å². The highest BCUT2D eigenvalue weighted by atomic mass is 32.1. The van der Waals surface area contributed by atoms with Crippen molar-refractivity contribution in [2.24, 2.45) is 10.9 Å². The van der Waals surface area contributed by atoms with Crippen LogP contribution in [0.2, 0.25) is 0 Å². The molecule has 1 aromatic carbocycles. The molecule has 0 amide bonds. The maximum Gasteiger partial charge on any atom is 0.191 e. The summed E-state index contributed by atoms with van der Waals surface area (Å²) in [6, 6.07) is 10.3. The fourth-order valence-electron chi connectivity index (χ4n) is 2.44. The highest BCUT2D eigenvalue weighted by Gasteiger charge is 2.06. The normalized spacial score (nSPS) is 12.8. The number of nitrogens with one attached hydrogen (secondary N) is 2. The Kier molecular flexibility index (Phi) is 8.58. The number of thiazole rings is 1. The molecule has 0 bridgehead atoms. The molecule has 0 radical (unpaired) electrons. The monoisotopic (exact) mass is 374 g/mol. The largest absolute Gasteiger partial charge is 0.376 e. The molecule has 0 aliphatic carbocycles. The number of aliphatic imine (C=N–C) groups is 1. The van der Waals surface area contributed by atoms with E-state index in [1.165, 1.54) is 15.4 Å². The minimum absolute atomic E-state index is 0.404. The number of guanidine groups is 1. The first-order valence-electron chi connectivity index (χ1n) is 9.07. The highest BCUT2D eigenvalue weighted by Crippen LogP contribution is 2.16. The predicted molar refractivity (Wildman–Crippen MR) is 110 cm³/mol. The lowest BCUT2D eigenvalue weighted by atomic mass is 10.2. The minimum atomic E-state index is 0.404. The van der Waals surface area contributed by atoms with E-state index in [1.807, 2.05) is 18.2 Å². The molecule has 0 aliphatic rings. The third-order valence-electron chi connectivity index (χ3n) is 4.06. The standard InChI is InChI=1S/C20H30N4OS/c1-15(13-25-14-18-8-6-5-7-9-18)12-23-20(21-4)22-11-10-19-24-16(2)17(3)26-19/h5-9,15H,10-14H2,1-4H3,(H2,21,22,23). The predicted octanol–water partition coefficient (Wildman–Crippen LogP) is 3.32. The summed E-state index contributed by atoms with van der Waals surface area (Å²) in [6.45, 7) is 9.37. The van der Waals surface area contributed by atoms with Gasteiger partial charge >= 0.3 is 0 Å². The molecule has 1 unspecified atom stereocenters. The Bertz CT molecular complexity index is 665. The first-order valence-corrected chi connectivity index (χ1v) is 9.89. The second kappa shape index (κ2) is 10.9. The average Bonchev–Trinajstić information content (AvgIpc) is 2.96. The Labute approximate surface area is 160 Å². The van der Waals surface area contributed by atoms with Gasteiger partial charge in [-0.05, 0) is 25.3 Å². The summed E-state index contributed by atoms with van der Waals surface area (Å²) in [6.07, 6.45) is 0.912. The third-order valence-corrected chi connectivity index (χ3v) is 5.19. The van der Waals surface area contributed by atoms with Crippen molar-refractivity contribution in [3.63, 3.8) is 0 Å². The molecule has 1 heterocycles. The molecule has 26 heavy (non-hydrogen) atoms. The van der Waals surface area contributed by atoms with Gasteiger partial charge in [-0.1, -0.05) is 37.3 Å². The summed E-state index contributed by atoms with van der Waals surface area (Å²) in [5.41, 5.74) is 2.34. The summed E-state index contributed by atoms with van der Waals surface area (Å²) < 4.78 is 5.79. The molecule has 1 aromatic heterocycles. The van der Waals surface area contributed by atoms with Crippen LogP contribution < -0.4 is 10.6 Å². The molecule has 0 aliphatic heterocycles. The SMILES string of the molecule is CN=C(NCCc1nc(C)c(C)s1)NCC(C)COCc1ccccc1. The van der Waals surface area contributed by atoms with Crippen LogP contribution in [-0.4, -0.2) is 37.7 Å². The fraction of sp³-hybridized carbons (Fsp3) is 0.500. The van der Waals surface area contributed by atoms with Crippen molar-refractivity contribution in [3.8, 4) is 0 Å². The Balaban J connectivity index is 1.61. The number of hydrogen-bond acceptors (Lipinski definition) is 4. The highest BCUT2D eigenvalue weighted by molar-refractivity contribution is 7.11. The number of nitrogens with zero attached hydrogens (tertiary/aromatic N) is 2. The topological polar surface area (TPSA) is 58.5 Å². The van der Waals surface area contributed by atoms with Gasteiger partial charge in [0.05, 0.1) is 23.9 Å². The van der Waals surface area contributed by atoms with Crippen LogP contribution in [-0.2, 0) is 17.8 Å². The second-order valence-corrected chi connectivity index (χ2v) is 7.77. The van der Waals surface area contributed by atoms with E-state index in [-0.39, 0.29) is 0 Å². The molecule has 0 spiro atoms. The zero-order valence-electron chi connectivity index (χ0n) is 16.2.